The number of carbonyl (C=O) groups excluding carboxylic acids is 1. The Hall–Kier alpha value is -2.88. The van der Waals surface area contributed by atoms with Gasteiger partial charge in [-0.25, -0.2) is 4.98 Å². The van der Waals surface area contributed by atoms with Crippen LogP contribution in [0.5, 0.6) is 5.75 Å². The van der Waals surface area contributed by atoms with Crippen LogP contribution in [0, 0.1) is 11.3 Å². The van der Waals surface area contributed by atoms with Gasteiger partial charge in [0.05, 0.1) is 23.4 Å². The van der Waals surface area contributed by atoms with Crippen LogP contribution in [0.25, 0.3) is 22.2 Å². The molecule has 0 radical (unpaired) electrons. The zero-order valence-corrected chi connectivity index (χ0v) is 19.7. The van der Waals surface area contributed by atoms with Gasteiger partial charge in [-0.05, 0) is 80.3 Å². The third-order valence-corrected chi connectivity index (χ3v) is 6.71. The molecule has 4 heteroatoms. The molecule has 1 aromatic heterocycles. The average Bonchev–Trinajstić information content (AvgIpc) is 2.79. The Morgan fingerprint density at radius 1 is 1.03 bits per heavy atom. The predicted molar refractivity (Wildman–Crippen MR) is 131 cm³/mol. The Bertz CT molecular complexity index is 1070. The zero-order chi connectivity index (χ0) is 22.7. The van der Waals surface area contributed by atoms with E-state index in [0.29, 0.717) is 17.6 Å². The molecule has 1 saturated carbocycles. The summed E-state index contributed by atoms with van der Waals surface area (Å²) in [7, 11) is 0. The quantitative estimate of drug-likeness (QED) is 0.494. The van der Waals surface area contributed by atoms with Gasteiger partial charge < -0.3 is 10.1 Å². The molecule has 4 rings (SSSR count). The van der Waals surface area contributed by atoms with E-state index in [9.17, 15) is 4.79 Å². The molecule has 0 bridgehead atoms. The van der Waals surface area contributed by atoms with Crippen molar-refractivity contribution < 1.29 is 9.53 Å². The molecule has 1 heterocycles. The monoisotopic (exact) mass is 430 g/mol. The molecular weight excluding hydrogens is 396 g/mol. The molecule has 2 aromatic carbocycles. The molecule has 3 aromatic rings. The minimum absolute atomic E-state index is 0.00463. The van der Waals surface area contributed by atoms with E-state index in [4.69, 9.17) is 9.72 Å². The SMILES string of the molecule is CCOc1ccc(-c2cc(C(=O)NC3CCC(C(C)(C)C)CC3)c3ccccc3n2)cc1. The fourth-order valence-electron chi connectivity index (χ4n) is 4.77. The number of benzene rings is 2. The lowest BCUT2D eigenvalue weighted by Gasteiger charge is -2.37. The van der Waals surface area contributed by atoms with Crippen LogP contribution < -0.4 is 10.1 Å². The van der Waals surface area contributed by atoms with Crippen molar-refractivity contribution in [2.24, 2.45) is 11.3 Å². The fraction of sp³-hybridized carbons (Fsp3) is 0.429. The molecule has 0 spiro atoms. The van der Waals surface area contributed by atoms with Gasteiger partial charge in [0.2, 0.25) is 0 Å². The van der Waals surface area contributed by atoms with Crippen LogP contribution in [0.3, 0.4) is 0 Å². The number of rotatable bonds is 5. The number of amides is 1. The number of pyridine rings is 1. The number of nitrogens with zero attached hydrogens (tertiary/aromatic N) is 1. The summed E-state index contributed by atoms with van der Waals surface area (Å²) in [5.74, 6) is 1.56. The lowest BCUT2D eigenvalue weighted by Crippen LogP contribution is -2.39. The third kappa shape index (κ3) is 4.95. The number of hydrogen-bond donors (Lipinski definition) is 1. The molecule has 0 aliphatic heterocycles. The first kappa shape index (κ1) is 22.3. The largest absolute Gasteiger partial charge is 0.494 e. The molecule has 0 unspecified atom stereocenters. The van der Waals surface area contributed by atoms with Gasteiger partial charge in [0, 0.05) is 17.0 Å². The topological polar surface area (TPSA) is 51.2 Å². The van der Waals surface area contributed by atoms with Crippen molar-refractivity contribution in [3.8, 4) is 17.0 Å². The average molecular weight is 431 g/mol. The fourth-order valence-corrected chi connectivity index (χ4v) is 4.77. The Labute approximate surface area is 191 Å². The van der Waals surface area contributed by atoms with Gasteiger partial charge in [0.25, 0.3) is 5.91 Å². The highest BCUT2D eigenvalue weighted by Gasteiger charge is 2.30. The maximum atomic E-state index is 13.4. The van der Waals surface area contributed by atoms with Crippen molar-refractivity contribution in [1.82, 2.24) is 10.3 Å². The smallest absolute Gasteiger partial charge is 0.252 e. The summed E-state index contributed by atoms with van der Waals surface area (Å²) < 4.78 is 5.56. The van der Waals surface area contributed by atoms with Crippen molar-refractivity contribution in [3.05, 3.63) is 60.2 Å². The Kier molecular flexibility index (Phi) is 6.50. The van der Waals surface area contributed by atoms with Gasteiger partial charge in [-0.1, -0.05) is 39.0 Å². The molecule has 4 nitrogen and oxygen atoms in total. The highest BCUT2D eigenvalue weighted by Crippen LogP contribution is 2.38. The Morgan fingerprint density at radius 3 is 2.38 bits per heavy atom. The normalized spacial score (nSPS) is 19.0. The minimum Gasteiger partial charge on any atom is -0.494 e. The maximum absolute atomic E-state index is 13.4. The van der Waals surface area contributed by atoms with Crippen molar-refractivity contribution in [2.45, 2.75) is 59.4 Å². The first-order valence-electron chi connectivity index (χ1n) is 11.8. The van der Waals surface area contributed by atoms with Crippen LogP contribution in [0.1, 0.15) is 63.7 Å². The summed E-state index contributed by atoms with van der Waals surface area (Å²) in [5.41, 5.74) is 3.63. The van der Waals surface area contributed by atoms with Gasteiger partial charge in [-0.3, -0.25) is 4.79 Å². The number of para-hydroxylation sites is 1. The molecule has 0 atom stereocenters. The van der Waals surface area contributed by atoms with E-state index in [2.05, 4.69) is 26.1 Å². The molecular formula is C28H34N2O2. The second kappa shape index (κ2) is 9.32. The first-order valence-corrected chi connectivity index (χ1v) is 11.8. The van der Waals surface area contributed by atoms with E-state index in [1.165, 1.54) is 12.8 Å². The highest BCUT2D eigenvalue weighted by molar-refractivity contribution is 6.07. The summed E-state index contributed by atoms with van der Waals surface area (Å²) >= 11 is 0. The summed E-state index contributed by atoms with van der Waals surface area (Å²) in [6.07, 6.45) is 4.43. The van der Waals surface area contributed by atoms with Crippen LogP contribution in [0.2, 0.25) is 0 Å². The molecule has 168 valence electrons. The highest BCUT2D eigenvalue weighted by atomic mass is 16.5. The summed E-state index contributed by atoms with van der Waals surface area (Å²) in [6, 6.07) is 17.9. The second-order valence-corrected chi connectivity index (χ2v) is 9.92. The Morgan fingerprint density at radius 2 is 1.72 bits per heavy atom. The van der Waals surface area contributed by atoms with Gasteiger partial charge in [0.15, 0.2) is 0 Å². The van der Waals surface area contributed by atoms with Crippen LogP contribution in [-0.4, -0.2) is 23.5 Å². The van der Waals surface area contributed by atoms with Crippen molar-refractivity contribution in [2.75, 3.05) is 6.61 Å². The van der Waals surface area contributed by atoms with E-state index in [-0.39, 0.29) is 11.9 Å². The number of ether oxygens (including phenoxy) is 1. The van der Waals surface area contributed by atoms with Crippen LogP contribution in [0.4, 0.5) is 0 Å². The van der Waals surface area contributed by atoms with E-state index in [0.717, 1.165) is 46.7 Å². The molecule has 1 amide bonds. The molecule has 1 N–H and O–H groups in total. The number of fused-ring (bicyclic) bond motifs is 1. The summed E-state index contributed by atoms with van der Waals surface area (Å²) in [6.45, 7) is 9.57. The molecule has 1 aliphatic carbocycles. The molecule has 0 saturated heterocycles. The zero-order valence-electron chi connectivity index (χ0n) is 19.7. The van der Waals surface area contributed by atoms with E-state index >= 15 is 0 Å². The first-order chi connectivity index (χ1) is 15.3. The third-order valence-electron chi connectivity index (χ3n) is 6.71. The lowest BCUT2D eigenvalue weighted by molar-refractivity contribution is 0.0905. The van der Waals surface area contributed by atoms with Gasteiger partial charge >= 0.3 is 0 Å². The van der Waals surface area contributed by atoms with Crippen LogP contribution in [0.15, 0.2) is 54.6 Å². The van der Waals surface area contributed by atoms with E-state index in [1.54, 1.807) is 0 Å². The molecule has 32 heavy (non-hydrogen) atoms. The molecule has 1 aliphatic rings. The van der Waals surface area contributed by atoms with Crippen molar-refractivity contribution >= 4 is 16.8 Å². The van der Waals surface area contributed by atoms with Crippen molar-refractivity contribution in [1.29, 1.82) is 0 Å². The van der Waals surface area contributed by atoms with E-state index < -0.39 is 0 Å². The predicted octanol–water partition coefficient (Wildman–Crippen LogP) is 6.64. The maximum Gasteiger partial charge on any atom is 0.252 e. The van der Waals surface area contributed by atoms with Gasteiger partial charge in [-0.15, -0.1) is 0 Å². The van der Waals surface area contributed by atoms with Crippen molar-refractivity contribution in [3.63, 3.8) is 0 Å². The number of carbonyl (C=O) groups is 1. The lowest BCUT2D eigenvalue weighted by atomic mass is 9.71. The van der Waals surface area contributed by atoms with Crippen LogP contribution in [-0.2, 0) is 0 Å². The number of hydrogen-bond acceptors (Lipinski definition) is 3. The molecule has 1 fully saturated rings. The number of nitrogens with one attached hydrogen (secondary N) is 1. The standard InChI is InChI=1S/C28H34N2O2/c1-5-32-22-16-10-19(11-17-22)26-18-24(23-8-6-7-9-25(23)30-26)27(31)29-21-14-12-20(13-15-21)28(2,3)4/h6-11,16-18,20-21H,5,12-15H2,1-4H3,(H,29,31). The number of aromatic nitrogens is 1. The van der Waals surface area contributed by atoms with Crippen LogP contribution >= 0.6 is 0 Å². The second-order valence-electron chi connectivity index (χ2n) is 9.92. The summed E-state index contributed by atoms with van der Waals surface area (Å²) in [4.78, 5) is 18.2. The minimum atomic E-state index is -0.00463. The Balaban J connectivity index is 1.58. The summed E-state index contributed by atoms with van der Waals surface area (Å²) in [5, 5.41) is 4.21. The van der Waals surface area contributed by atoms with E-state index in [1.807, 2.05) is 61.5 Å². The van der Waals surface area contributed by atoms with Gasteiger partial charge in [-0.2, -0.15) is 0 Å². The van der Waals surface area contributed by atoms with Gasteiger partial charge in [0.1, 0.15) is 5.75 Å².